The third-order valence-corrected chi connectivity index (χ3v) is 8.60. The summed E-state index contributed by atoms with van der Waals surface area (Å²) in [4.78, 5) is 21.5. The molecule has 7 heteroatoms. The van der Waals surface area contributed by atoms with E-state index in [9.17, 15) is 9.18 Å². The molecule has 2 aliphatic rings. The van der Waals surface area contributed by atoms with E-state index < -0.39 is 0 Å². The second-order valence-electron chi connectivity index (χ2n) is 12.8. The van der Waals surface area contributed by atoms with Crippen LogP contribution in [0.2, 0.25) is 0 Å². The van der Waals surface area contributed by atoms with Gasteiger partial charge in [-0.25, -0.2) is 4.39 Å². The number of piperidine rings is 1. The number of hydrogen-bond acceptors (Lipinski definition) is 4. The van der Waals surface area contributed by atoms with Crippen LogP contribution in [0.5, 0.6) is 5.75 Å². The number of ketones is 1. The lowest BCUT2D eigenvalue weighted by atomic mass is 9.86. The predicted octanol–water partition coefficient (Wildman–Crippen LogP) is 8.14. The van der Waals surface area contributed by atoms with Gasteiger partial charge in [0.2, 0.25) is 0 Å². The summed E-state index contributed by atoms with van der Waals surface area (Å²) in [6.45, 7) is 10.7. The van der Waals surface area contributed by atoms with Crippen molar-refractivity contribution in [2.45, 2.75) is 71.3 Å². The van der Waals surface area contributed by atoms with E-state index in [0.717, 1.165) is 74.2 Å². The number of fused-ring (bicyclic) bond motifs is 1. The Morgan fingerprint density at radius 2 is 1.60 bits per heavy atom. The van der Waals surface area contributed by atoms with Crippen molar-refractivity contribution >= 4 is 30.6 Å². The SMILES string of the molecule is CC(C)(C)c1ccc(CN2CCC(CCC(=O)c3ccc4c(c3)CC(Cc3ccc(F)cc3)CNO4)CC2)cc1.Cl.Cl. The third-order valence-electron chi connectivity index (χ3n) is 8.60. The molecule has 0 saturated carbocycles. The van der Waals surface area contributed by atoms with Crippen LogP contribution in [0.25, 0.3) is 0 Å². The molecule has 0 spiro atoms. The van der Waals surface area contributed by atoms with Crippen molar-refractivity contribution in [3.05, 3.63) is 100 Å². The first-order valence-electron chi connectivity index (χ1n) is 14.8. The zero-order valence-electron chi connectivity index (χ0n) is 25.0. The first kappa shape index (κ1) is 34.1. The molecule has 0 radical (unpaired) electrons. The number of nitrogens with one attached hydrogen (secondary N) is 1. The van der Waals surface area contributed by atoms with E-state index in [0.29, 0.717) is 24.8 Å². The van der Waals surface area contributed by atoms with Gasteiger partial charge < -0.3 is 4.84 Å². The van der Waals surface area contributed by atoms with Crippen molar-refractivity contribution in [1.29, 1.82) is 0 Å². The molecule has 1 atom stereocenters. The van der Waals surface area contributed by atoms with Crippen molar-refractivity contribution in [3.8, 4) is 5.75 Å². The molecule has 1 N–H and O–H groups in total. The van der Waals surface area contributed by atoms with Crippen molar-refractivity contribution in [1.82, 2.24) is 10.4 Å². The topological polar surface area (TPSA) is 41.6 Å². The van der Waals surface area contributed by atoms with Gasteiger partial charge in [-0.1, -0.05) is 57.2 Å². The normalized spacial score (nSPS) is 17.7. The molecule has 3 aromatic rings. The summed E-state index contributed by atoms with van der Waals surface area (Å²) in [6.07, 6.45) is 5.50. The molecule has 2 aliphatic heterocycles. The molecule has 2 heterocycles. The van der Waals surface area contributed by atoms with Crippen LogP contribution in [0, 0.1) is 17.7 Å². The summed E-state index contributed by atoms with van der Waals surface area (Å²) in [5.74, 6) is 1.71. The van der Waals surface area contributed by atoms with Crippen molar-refractivity contribution < 1.29 is 14.0 Å². The van der Waals surface area contributed by atoms with Gasteiger partial charge in [-0.3, -0.25) is 9.69 Å². The molecule has 42 heavy (non-hydrogen) atoms. The standard InChI is InChI=1S/C35H43FN2O2.2ClH/c1-35(2,3)31-10-4-27(5-11-31)24-38-18-16-25(17-19-38)8-14-33(39)29-9-15-34-30(22-29)21-28(23-37-40-34)20-26-6-12-32(36)13-7-26;;/h4-7,9-13,15,22,25,28,37H,8,14,16-21,23-24H2,1-3H3;2*1H. The molecule has 0 amide bonds. The number of Topliss-reactive ketones (excluding diaryl/α,β-unsaturated/α-hetero) is 1. The van der Waals surface area contributed by atoms with Gasteiger partial charge in [-0.15, -0.1) is 24.8 Å². The van der Waals surface area contributed by atoms with Crippen LogP contribution in [-0.2, 0) is 24.8 Å². The summed E-state index contributed by atoms with van der Waals surface area (Å²) < 4.78 is 13.3. The quantitative estimate of drug-likeness (QED) is 0.260. The average Bonchev–Trinajstić information content (AvgIpc) is 3.14. The lowest BCUT2D eigenvalue weighted by Gasteiger charge is -2.32. The molecule has 3 aromatic carbocycles. The lowest BCUT2D eigenvalue weighted by Crippen LogP contribution is -2.33. The minimum Gasteiger partial charge on any atom is -0.408 e. The Balaban J connectivity index is 0.00000242. The van der Waals surface area contributed by atoms with E-state index in [1.54, 1.807) is 0 Å². The van der Waals surface area contributed by atoms with E-state index in [-0.39, 0.29) is 41.8 Å². The fraction of sp³-hybridized carbons (Fsp3) is 0.457. The molecule has 1 fully saturated rings. The highest BCUT2D eigenvalue weighted by molar-refractivity contribution is 5.96. The average molecular weight is 616 g/mol. The van der Waals surface area contributed by atoms with E-state index >= 15 is 0 Å². The van der Waals surface area contributed by atoms with Gasteiger partial charge >= 0.3 is 0 Å². The number of benzene rings is 3. The van der Waals surface area contributed by atoms with Gasteiger partial charge in [0.1, 0.15) is 11.6 Å². The number of nitrogens with zero attached hydrogens (tertiary/aromatic N) is 1. The first-order valence-corrected chi connectivity index (χ1v) is 14.8. The predicted molar refractivity (Wildman–Crippen MR) is 174 cm³/mol. The van der Waals surface area contributed by atoms with E-state index in [2.05, 4.69) is 55.4 Å². The fourth-order valence-corrected chi connectivity index (χ4v) is 6.01. The highest BCUT2D eigenvalue weighted by atomic mass is 35.5. The van der Waals surface area contributed by atoms with E-state index in [4.69, 9.17) is 4.84 Å². The Labute approximate surface area is 263 Å². The molecule has 1 unspecified atom stereocenters. The van der Waals surface area contributed by atoms with Gasteiger partial charge in [0.25, 0.3) is 0 Å². The van der Waals surface area contributed by atoms with E-state index in [1.165, 1.54) is 23.3 Å². The molecule has 0 aliphatic carbocycles. The maximum Gasteiger partial charge on any atom is 0.162 e. The van der Waals surface area contributed by atoms with Gasteiger partial charge in [-0.05, 0) is 115 Å². The van der Waals surface area contributed by atoms with Crippen molar-refractivity contribution in [3.63, 3.8) is 0 Å². The van der Waals surface area contributed by atoms with Crippen LogP contribution in [0.3, 0.4) is 0 Å². The number of halogens is 3. The summed E-state index contributed by atoms with van der Waals surface area (Å²) in [5.41, 5.74) is 8.95. The number of hydroxylamine groups is 1. The largest absolute Gasteiger partial charge is 0.408 e. The first-order chi connectivity index (χ1) is 19.2. The Hall–Kier alpha value is -2.44. The smallest absolute Gasteiger partial charge is 0.162 e. The maximum absolute atomic E-state index is 13.3. The summed E-state index contributed by atoms with van der Waals surface area (Å²) in [7, 11) is 0. The zero-order chi connectivity index (χ0) is 28.1. The molecule has 1 saturated heterocycles. The van der Waals surface area contributed by atoms with Crippen LogP contribution in [0.4, 0.5) is 4.39 Å². The van der Waals surface area contributed by atoms with Crippen LogP contribution in [0.15, 0.2) is 66.7 Å². The number of likely N-dealkylation sites (tertiary alicyclic amines) is 1. The lowest BCUT2D eigenvalue weighted by molar-refractivity contribution is 0.0961. The van der Waals surface area contributed by atoms with Crippen LogP contribution < -0.4 is 10.3 Å². The van der Waals surface area contributed by atoms with Crippen molar-refractivity contribution in [2.75, 3.05) is 19.6 Å². The maximum atomic E-state index is 13.3. The minimum atomic E-state index is -0.216. The van der Waals surface area contributed by atoms with Crippen LogP contribution >= 0.6 is 24.8 Å². The second kappa shape index (κ2) is 15.3. The van der Waals surface area contributed by atoms with Gasteiger partial charge in [0.05, 0.1) is 0 Å². The highest BCUT2D eigenvalue weighted by Gasteiger charge is 2.23. The molecule has 0 bridgehead atoms. The Bertz CT molecular complexity index is 1280. The van der Waals surface area contributed by atoms with Crippen LogP contribution in [-0.4, -0.2) is 30.3 Å². The summed E-state index contributed by atoms with van der Waals surface area (Å²) in [6, 6.07) is 21.6. The minimum absolute atomic E-state index is 0. The fourth-order valence-electron chi connectivity index (χ4n) is 6.01. The van der Waals surface area contributed by atoms with Crippen LogP contribution in [0.1, 0.15) is 79.1 Å². The number of rotatable bonds is 8. The van der Waals surface area contributed by atoms with E-state index in [1.807, 2.05) is 30.3 Å². The van der Waals surface area contributed by atoms with Crippen molar-refractivity contribution in [2.24, 2.45) is 11.8 Å². The molecule has 228 valence electrons. The second-order valence-corrected chi connectivity index (χ2v) is 12.8. The molecule has 0 aromatic heterocycles. The highest BCUT2D eigenvalue weighted by Crippen LogP contribution is 2.29. The zero-order valence-corrected chi connectivity index (χ0v) is 26.7. The van der Waals surface area contributed by atoms with Gasteiger partial charge in [0.15, 0.2) is 5.78 Å². The summed E-state index contributed by atoms with van der Waals surface area (Å²) in [5, 5.41) is 0. The molecule has 4 nitrogen and oxygen atoms in total. The van der Waals surface area contributed by atoms with Gasteiger partial charge in [-0.2, -0.15) is 5.48 Å². The Kier molecular flexibility index (Phi) is 12.4. The monoisotopic (exact) mass is 614 g/mol. The summed E-state index contributed by atoms with van der Waals surface area (Å²) >= 11 is 0. The number of hydrogen-bond donors (Lipinski definition) is 1. The Morgan fingerprint density at radius 3 is 2.26 bits per heavy atom. The third kappa shape index (κ3) is 9.28. The molecular weight excluding hydrogens is 570 g/mol. The molecular formula is C35H45Cl2FN2O2. The number of carbonyl (C=O) groups is 1. The Morgan fingerprint density at radius 1 is 0.929 bits per heavy atom. The number of carbonyl (C=O) groups excluding carboxylic acids is 1. The van der Waals surface area contributed by atoms with Gasteiger partial charge in [0, 0.05) is 25.1 Å². The molecule has 5 rings (SSSR count).